The predicted octanol–water partition coefficient (Wildman–Crippen LogP) is 1.71. The van der Waals surface area contributed by atoms with Gasteiger partial charge in [0.2, 0.25) is 0 Å². The second-order valence-corrected chi connectivity index (χ2v) is 6.45. The van der Waals surface area contributed by atoms with Crippen molar-refractivity contribution < 1.29 is 4.79 Å². The van der Waals surface area contributed by atoms with E-state index in [0.29, 0.717) is 16.7 Å². The Bertz CT molecular complexity index is 490. The third-order valence-electron chi connectivity index (χ3n) is 3.91. The molecule has 3 N–H and O–H groups in total. The largest absolute Gasteiger partial charge is 0.382 e. The van der Waals surface area contributed by atoms with Crippen LogP contribution < -0.4 is 11.1 Å². The van der Waals surface area contributed by atoms with Crippen LogP contribution in [0.15, 0.2) is 0 Å². The Morgan fingerprint density at radius 1 is 1.48 bits per heavy atom. The van der Waals surface area contributed by atoms with Crippen LogP contribution in [0.1, 0.15) is 36.4 Å². The van der Waals surface area contributed by atoms with Crippen LogP contribution in [-0.4, -0.2) is 60.0 Å². The van der Waals surface area contributed by atoms with E-state index in [4.69, 9.17) is 5.73 Å². The Kier molecular flexibility index (Phi) is 5.41. The smallest absolute Gasteiger partial charge is 0.267 e. The zero-order chi connectivity index (χ0) is 15.4. The van der Waals surface area contributed by atoms with Crippen LogP contribution in [-0.2, 0) is 0 Å². The van der Waals surface area contributed by atoms with E-state index in [9.17, 15) is 4.79 Å². The molecule has 7 heteroatoms. The van der Waals surface area contributed by atoms with Gasteiger partial charge in [-0.3, -0.25) is 9.69 Å². The molecule has 1 amide bonds. The molecule has 1 atom stereocenters. The van der Waals surface area contributed by atoms with Gasteiger partial charge in [0.15, 0.2) is 5.13 Å². The highest BCUT2D eigenvalue weighted by Crippen LogP contribution is 2.27. The van der Waals surface area contributed by atoms with E-state index in [1.807, 2.05) is 4.90 Å². The number of carbonyl (C=O) groups excluding carboxylic acids is 1. The number of rotatable bonds is 5. The number of likely N-dealkylation sites (N-methyl/N-ethyl adjacent to an activating group) is 1. The van der Waals surface area contributed by atoms with Crippen LogP contribution in [0.5, 0.6) is 0 Å². The molecule has 0 aliphatic carbocycles. The summed E-state index contributed by atoms with van der Waals surface area (Å²) in [6, 6.07) is 0.425. The monoisotopic (exact) mass is 311 g/mol. The van der Waals surface area contributed by atoms with Crippen LogP contribution in [0.25, 0.3) is 0 Å². The molecule has 1 aliphatic heterocycles. The average Bonchev–Trinajstić information content (AvgIpc) is 2.86. The van der Waals surface area contributed by atoms with Crippen molar-refractivity contribution in [2.75, 3.05) is 44.3 Å². The fourth-order valence-corrected chi connectivity index (χ4v) is 3.39. The van der Waals surface area contributed by atoms with Gasteiger partial charge in [0.05, 0.1) is 0 Å². The maximum atomic E-state index is 12.6. The molecule has 118 valence electrons. The summed E-state index contributed by atoms with van der Waals surface area (Å²) in [4.78, 5) is 21.7. The molecule has 0 radical (unpaired) electrons. The van der Waals surface area contributed by atoms with E-state index >= 15 is 0 Å². The highest BCUT2D eigenvalue weighted by molar-refractivity contribution is 7.18. The summed E-state index contributed by atoms with van der Waals surface area (Å²) in [7, 11) is 2.11. The minimum Gasteiger partial charge on any atom is -0.382 e. The molecular weight excluding hydrogens is 286 g/mol. The number of hydrogen-bond acceptors (Lipinski definition) is 6. The number of hydrogen-bond donors (Lipinski definition) is 2. The molecule has 21 heavy (non-hydrogen) atoms. The van der Waals surface area contributed by atoms with Crippen LogP contribution in [0, 0.1) is 0 Å². The van der Waals surface area contributed by atoms with Gasteiger partial charge in [0, 0.05) is 32.2 Å². The molecule has 0 saturated carbocycles. The minimum absolute atomic E-state index is 0.0149. The zero-order valence-electron chi connectivity index (χ0n) is 13.1. The first kappa shape index (κ1) is 16.0. The Balaban J connectivity index is 2.07. The summed E-state index contributed by atoms with van der Waals surface area (Å²) in [6.07, 6.45) is 2.06. The zero-order valence-corrected chi connectivity index (χ0v) is 13.9. The minimum atomic E-state index is 0.0149. The van der Waals surface area contributed by atoms with Gasteiger partial charge in [-0.15, -0.1) is 0 Å². The van der Waals surface area contributed by atoms with Gasteiger partial charge >= 0.3 is 0 Å². The summed E-state index contributed by atoms with van der Waals surface area (Å²) in [5, 5.41) is 3.92. The molecule has 1 aromatic heterocycles. The molecular formula is C14H25N5OS. The van der Waals surface area contributed by atoms with Gasteiger partial charge in [-0.25, -0.2) is 4.98 Å². The molecule has 1 saturated heterocycles. The highest BCUT2D eigenvalue weighted by atomic mass is 32.1. The quantitative estimate of drug-likeness (QED) is 0.866. The lowest BCUT2D eigenvalue weighted by molar-refractivity contribution is 0.0547. The van der Waals surface area contributed by atoms with Gasteiger partial charge < -0.3 is 16.0 Å². The molecule has 0 spiro atoms. The lowest BCUT2D eigenvalue weighted by atomic mass is 10.1. The van der Waals surface area contributed by atoms with Crippen LogP contribution >= 0.6 is 11.3 Å². The Morgan fingerprint density at radius 2 is 2.24 bits per heavy atom. The van der Waals surface area contributed by atoms with Crippen LogP contribution in [0.3, 0.4) is 0 Å². The normalized spacial score (nSPS) is 19.8. The second-order valence-electron chi connectivity index (χ2n) is 5.45. The summed E-state index contributed by atoms with van der Waals surface area (Å²) in [6.45, 7) is 7.51. The molecule has 6 nitrogen and oxygen atoms in total. The lowest BCUT2D eigenvalue weighted by Gasteiger charge is -2.38. The molecule has 2 heterocycles. The van der Waals surface area contributed by atoms with Crippen molar-refractivity contribution in [2.45, 2.75) is 32.7 Å². The van der Waals surface area contributed by atoms with Crippen molar-refractivity contribution in [3.63, 3.8) is 0 Å². The number of amides is 1. The van der Waals surface area contributed by atoms with Gasteiger partial charge in [0.25, 0.3) is 5.91 Å². The maximum Gasteiger partial charge on any atom is 0.267 e. The third kappa shape index (κ3) is 3.65. The lowest BCUT2D eigenvalue weighted by Crippen LogP contribution is -2.52. The van der Waals surface area contributed by atoms with Gasteiger partial charge in [-0.2, -0.15) is 0 Å². The molecule has 1 unspecified atom stereocenters. The van der Waals surface area contributed by atoms with E-state index in [1.165, 1.54) is 11.3 Å². The van der Waals surface area contributed by atoms with Gasteiger partial charge in [-0.1, -0.05) is 25.2 Å². The predicted molar refractivity (Wildman–Crippen MR) is 87.9 cm³/mol. The molecule has 1 fully saturated rings. The summed E-state index contributed by atoms with van der Waals surface area (Å²) in [5.74, 6) is 0.358. The van der Waals surface area contributed by atoms with Crippen molar-refractivity contribution in [3.05, 3.63) is 4.88 Å². The number of nitrogens with two attached hydrogens (primary N) is 1. The highest BCUT2D eigenvalue weighted by Gasteiger charge is 2.29. The van der Waals surface area contributed by atoms with Crippen LogP contribution in [0.4, 0.5) is 10.9 Å². The van der Waals surface area contributed by atoms with E-state index < -0.39 is 0 Å². The molecule has 1 aliphatic rings. The maximum absolute atomic E-state index is 12.6. The molecule has 2 rings (SSSR count). The fraction of sp³-hybridized carbons (Fsp3) is 0.714. The first-order chi connectivity index (χ1) is 10.1. The first-order valence-corrected chi connectivity index (χ1v) is 8.38. The summed E-state index contributed by atoms with van der Waals surface area (Å²) >= 11 is 1.36. The van der Waals surface area contributed by atoms with Crippen molar-refractivity contribution in [2.24, 2.45) is 0 Å². The summed E-state index contributed by atoms with van der Waals surface area (Å²) < 4.78 is 0. The average molecular weight is 311 g/mol. The Hall–Kier alpha value is -1.34. The van der Waals surface area contributed by atoms with E-state index in [0.717, 1.165) is 44.2 Å². The number of nitrogens with zero attached hydrogens (tertiary/aromatic N) is 3. The number of piperazine rings is 1. The fourth-order valence-electron chi connectivity index (χ4n) is 2.51. The van der Waals surface area contributed by atoms with Crippen molar-refractivity contribution in [1.82, 2.24) is 14.8 Å². The number of carbonyl (C=O) groups is 1. The number of thiazole rings is 1. The van der Waals surface area contributed by atoms with E-state index in [1.54, 1.807) is 0 Å². The molecule has 0 bridgehead atoms. The number of nitrogens with one attached hydrogen (secondary N) is 1. The van der Waals surface area contributed by atoms with Crippen LogP contribution in [0.2, 0.25) is 0 Å². The second kappa shape index (κ2) is 7.09. The summed E-state index contributed by atoms with van der Waals surface area (Å²) in [5.41, 5.74) is 5.92. The van der Waals surface area contributed by atoms with Crippen molar-refractivity contribution in [3.8, 4) is 0 Å². The number of anilines is 2. The number of nitrogen functional groups attached to an aromatic ring is 1. The first-order valence-electron chi connectivity index (χ1n) is 7.56. The number of aromatic nitrogens is 1. The molecule has 1 aromatic rings. The van der Waals surface area contributed by atoms with Crippen molar-refractivity contribution >= 4 is 28.2 Å². The van der Waals surface area contributed by atoms with Crippen molar-refractivity contribution in [1.29, 1.82) is 0 Å². The topological polar surface area (TPSA) is 74.5 Å². The molecule has 0 aromatic carbocycles. The van der Waals surface area contributed by atoms with Gasteiger partial charge in [-0.05, 0) is 19.9 Å². The Labute approximate surface area is 130 Å². The van der Waals surface area contributed by atoms with Gasteiger partial charge in [0.1, 0.15) is 10.7 Å². The van der Waals surface area contributed by atoms with E-state index in [2.05, 4.69) is 36.1 Å². The standard InChI is InChI=1S/C14H25N5OS/c1-4-6-16-14-17-12(15)11(21-14)13(20)19-8-7-18(3)10(5-2)9-19/h10H,4-9,15H2,1-3H3,(H,16,17). The SMILES string of the molecule is CCCNc1nc(N)c(C(=O)N2CCN(C)C(CC)C2)s1. The van der Waals surface area contributed by atoms with E-state index in [-0.39, 0.29) is 5.91 Å². The third-order valence-corrected chi connectivity index (χ3v) is 4.93. The Morgan fingerprint density at radius 3 is 2.90 bits per heavy atom.